The maximum Gasteiger partial charge on any atom is 0.434 e. The molecule has 0 spiro atoms. The van der Waals surface area contributed by atoms with Crippen LogP contribution in [0.25, 0.3) is 27.2 Å². The molecule has 4 aromatic rings. The first-order valence-corrected chi connectivity index (χ1v) is 14.9. The molecule has 1 atom stereocenters. The highest BCUT2D eigenvalue weighted by atomic mass is 32.2. The van der Waals surface area contributed by atoms with E-state index in [4.69, 9.17) is 4.74 Å². The van der Waals surface area contributed by atoms with E-state index in [1.165, 1.54) is 18.3 Å². The lowest BCUT2D eigenvalue weighted by molar-refractivity contribution is -0.140. The van der Waals surface area contributed by atoms with Gasteiger partial charge in [-0.15, -0.1) is 11.3 Å². The van der Waals surface area contributed by atoms with Crippen LogP contribution in [0.4, 0.5) is 13.2 Å². The minimum absolute atomic E-state index is 0.0542. The Morgan fingerprint density at radius 3 is 2.54 bits per heavy atom. The molecule has 0 N–H and O–H groups in total. The van der Waals surface area contributed by atoms with E-state index in [1.807, 2.05) is 6.07 Å². The number of fused-ring (bicyclic) bond motifs is 1. The Labute approximate surface area is 227 Å². The lowest BCUT2D eigenvalue weighted by atomic mass is 9.90. The molecule has 1 aliphatic carbocycles. The van der Waals surface area contributed by atoms with E-state index in [1.54, 1.807) is 24.4 Å². The van der Waals surface area contributed by atoms with Crippen LogP contribution in [0.3, 0.4) is 0 Å². The molecule has 3 aromatic heterocycles. The van der Waals surface area contributed by atoms with Crippen LogP contribution in [0.1, 0.15) is 30.5 Å². The van der Waals surface area contributed by atoms with Gasteiger partial charge in [-0.1, -0.05) is 24.3 Å². The number of rotatable bonds is 5. The van der Waals surface area contributed by atoms with E-state index < -0.39 is 21.9 Å². The van der Waals surface area contributed by atoms with Crippen molar-refractivity contribution in [3.8, 4) is 10.6 Å². The van der Waals surface area contributed by atoms with Crippen LogP contribution < -0.4 is 0 Å². The standard InChI is InChI=1S/C27H25F3N4O3S2/c28-27(29,30)24-17-38-26(32-24)23-16-34(39(35,36)21-4-2-1-3-5-21)25-22(23)14-19(15-31-25)18-6-8-20(9-7-18)33-10-12-37-13-11-33/h1-6,14-17,20H,7-13H2. The number of benzene rings is 1. The first kappa shape index (κ1) is 26.2. The van der Waals surface area contributed by atoms with Gasteiger partial charge in [0.1, 0.15) is 5.01 Å². The van der Waals surface area contributed by atoms with Crippen molar-refractivity contribution in [1.29, 1.82) is 0 Å². The Balaban J connectivity index is 1.43. The Hall–Kier alpha value is -3.06. The third kappa shape index (κ3) is 5.02. The summed E-state index contributed by atoms with van der Waals surface area (Å²) >= 11 is 0.824. The van der Waals surface area contributed by atoms with Crippen molar-refractivity contribution in [2.45, 2.75) is 36.4 Å². The summed E-state index contributed by atoms with van der Waals surface area (Å²) in [4.78, 5) is 10.8. The highest BCUT2D eigenvalue weighted by Gasteiger charge is 2.34. The third-order valence-electron chi connectivity index (χ3n) is 7.25. The van der Waals surface area contributed by atoms with Gasteiger partial charge in [0.05, 0.1) is 18.1 Å². The number of hydrogen-bond acceptors (Lipinski definition) is 7. The molecule has 0 amide bonds. The summed E-state index contributed by atoms with van der Waals surface area (Å²) in [6.45, 7) is 3.32. The molecule has 1 fully saturated rings. The monoisotopic (exact) mass is 574 g/mol. The van der Waals surface area contributed by atoms with Crippen molar-refractivity contribution in [2.75, 3.05) is 26.3 Å². The van der Waals surface area contributed by atoms with Crippen molar-refractivity contribution >= 4 is 38.0 Å². The molecule has 7 nitrogen and oxygen atoms in total. The number of ether oxygens (including phenoxy) is 1. The van der Waals surface area contributed by atoms with Gasteiger partial charge < -0.3 is 4.74 Å². The summed E-state index contributed by atoms with van der Waals surface area (Å²) in [5, 5.41) is 1.46. The predicted octanol–water partition coefficient (Wildman–Crippen LogP) is 5.68. The third-order valence-corrected chi connectivity index (χ3v) is 9.79. The van der Waals surface area contributed by atoms with Gasteiger partial charge in [-0.25, -0.2) is 22.4 Å². The van der Waals surface area contributed by atoms with Gasteiger partial charge >= 0.3 is 6.18 Å². The highest BCUT2D eigenvalue weighted by Crippen LogP contribution is 2.39. The lowest BCUT2D eigenvalue weighted by Crippen LogP contribution is -2.43. The minimum atomic E-state index is -4.60. The van der Waals surface area contributed by atoms with E-state index in [-0.39, 0.29) is 15.6 Å². The number of morpholine rings is 1. The molecule has 39 heavy (non-hydrogen) atoms. The Morgan fingerprint density at radius 1 is 1.10 bits per heavy atom. The molecule has 0 saturated carbocycles. The van der Waals surface area contributed by atoms with E-state index in [2.05, 4.69) is 20.9 Å². The fourth-order valence-corrected chi connectivity index (χ4v) is 7.39. The second-order valence-electron chi connectivity index (χ2n) is 9.59. The van der Waals surface area contributed by atoms with Gasteiger partial charge in [0, 0.05) is 47.9 Å². The summed E-state index contributed by atoms with van der Waals surface area (Å²) < 4.78 is 73.6. The molecule has 1 saturated heterocycles. The minimum Gasteiger partial charge on any atom is -0.379 e. The lowest BCUT2D eigenvalue weighted by Gasteiger charge is -2.36. The van der Waals surface area contributed by atoms with Crippen molar-refractivity contribution in [2.24, 2.45) is 0 Å². The SMILES string of the molecule is O=S(=O)(c1ccccc1)n1cc(-c2nc(C(F)(F)F)cs2)c2cc(C3=CCC(N4CCOCC4)CC3)cnc21. The molecule has 6 rings (SSSR count). The van der Waals surface area contributed by atoms with Gasteiger partial charge in [-0.3, -0.25) is 4.90 Å². The first-order chi connectivity index (χ1) is 18.7. The molecule has 1 unspecified atom stereocenters. The highest BCUT2D eigenvalue weighted by molar-refractivity contribution is 7.90. The van der Waals surface area contributed by atoms with Crippen LogP contribution in [0.5, 0.6) is 0 Å². The van der Waals surface area contributed by atoms with Crippen molar-refractivity contribution in [3.05, 3.63) is 71.5 Å². The molecule has 12 heteroatoms. The van der Waals surface area contributed by atoms with E-state index >= 15 is 0 Å². The summed E-state index contributed by atoms with van der Waals surface area (Å²) in [7, 11) is -4.05. The average molecular weight is 575 g/mol. The number of nitrogens with zero attached hydrogens (tertiary/aromatic N) is 4. The normalized spacial score (nSPS) is 19.4. The van der Waals surface area contributed by atoms with Gasteiger partial charge in [-0.2, -0.15) is 13.2 Å². The number of pyridine rings is 1. The second-order valence-corrected chi connectivity index (χ2v) is 12.3. The van der Waals surface area contributed by atoms with Crippen LogP contribution in [-0.4, -0.2) is 59.6 Å². The molecule has 1 aromatic carbocycles. The summed E-state index contributed by atoms with van der Waals surface area (Å²) in [6, 6.07) is 10.1. The van der Waals surface area contributed by atoms with Crippen molar-refractivity contribution in [3.63, 3.8) is 0 Å². The quantitative estimate of drug-likeness (QED) is 0.305. The molecule has 4 heterocycles. The second kappa shape index (κ2) is 10.2. The zero-order chi connectivity index (χ0) is 27.2. The average Bonchev–Trinajstić information content (AvgIpc) is 3.60. The predicted molar refractivity (Wildman–Crippen MR) is 143 cm³/mol. The zero-order valence-corrected chi connectivity index (χ0v) is 22.4. The molecule has 204 valence electrons. The van der Waals surface area contributed by atoms with Crippen molar-refractivity contribution < 1.29 is 26.3 Å². The number of thiazole rings is 1. The molecular weight excluding hydrogens is 549 g/mol. The van der Waals surface area contributed by atoms with E-state index in [9.17, 15) is 21.6 Å². The van der Waals surface area contributed by atoms with Crippen LogP contribution >= 0.6 is 11.3 Å². The topological polar surface area (TPSA) is 77.3 Å². The smallest absolute Gasteiger partial charge is 0.379 e. The Kier molecular flexibility index (Phi) is 6.82. The number of allylic oxidation sites excluding steroid dienone is 1. The fraction of sp³-hybridized carbons (Fsp3) is 0.333. The number of hydrogen-bond donors (Lipinski definition) is 0. The zero-order valence-electron chi connectivity index (χ0n) is 20.8. The van der Waals surface area contributed by atoms with Crippen LogP contribution in [-0.2, 0) is 20.9 Å². The first-order valence-electron chi connectivity index (χ1n) is 12.6. The Morgan fingerprint density at radius 2 is 1.87 bits per heavy atom. The van der Waals surface area contributed by atoms with Crippen LogP contribution in [0.2, 0.25) is 0 Å². The Bertz CT molecular complexity index is 1640. The van der Waals surface area contributed by atoms with Crippen LogP contribution in [0, 0.1) is 0 Å². The van der Waals surface area contributed by atoms with Gasteiger partial charge in [0.25, 0.3) is 10.0 Å². The number of alkyl halides is 3. The maximum atomic E-state index is 13.5. The molecule has 0 radical (unpaired) electrons. The molecule has 1 aliphatic heterocycles. The van der Waals surface area contributed by atoms with Gasteiger partial charge in [-0.05, 0) is 48.6 Å². The van der Waals surface area contributed by atoms with Gasteiger partial charge in [0.15, 0.2) is 11.3 Å². The summed E-state index contributed by atoms with van der Waals surface area (Å²) in [5.74, 6) is 0. The van der Waals surface area contributed by atoms with Gasteiger partial charge in [0.2, 0.25) is 0 Å². The summed E-state index contributed by atoms with van der Waals surface area (Å²) in [6.07, 6.45) is 3.24. The molecule has 0 bridgehead atoms. The molecular formula is C27H25F3N4O3S2. The summed E-state index contributed by atoms with van der Waals surface area (Å²) in [5.41, 5.74) is 1.34. The maximum absolute atomic E-state index is 13.5. The fourth-order valence-electron chi connectivity index (χ4n) is 5.20. The van der Waals surface area contributed by atoms with Crippen molar-refractivity contribution in [1.82, 2.24) is 18.8 Å². The molecule has 2 aliphatic rings. The number of aromatic nitrogens is 3. The largest absolute Gasteiger partial charge is 0.434 e. The van der Waals surface area contributed by atoms with E-state index in [0.717, 1.165) is 77.4 Å². The van der Waals surface area contributed by atoms with E-state index in [0.29, 0.717) is 17.0 Å². The number of halogens is 3. The van der Waals surface area contributed by atoms with Crippen LogP contribution in [0.15, 0.2) is 65.1 Å².